The maximum absolute atomic E-state index is 13.5. The van der Waals surface area contributed by atoms with Gasteiger partial charge in [-0.3, -0.25) is 4.79 Å². The summed E-state index contributed by atoms with van der Waals surface area (Å²) in [6.45, 7) is -0.302. The Bertz CT molecular complexity index is 1060. The highest BCUT2D eigenvalue weighted by molar-refractivity contribution is 7.06. The molecule has 2 aromatic carbocycles. The van der Waals surface area contributed by atoms with Crippen LogP contribution in [0.1, 0.15) is 28.3 Å². The molecular weight excluding hydrogens is 439 g/mol. The number of nitrogens with zero attached hydrogens (tertiary/aromatic N) is 1. The van der Waals surface area contributed by atoms with Crippen molar-refractivity contribution in [3.63, 3.8) is 0 Å². The zero-order chi connectivity index (χ0) is 21.5. The van der Waals surface area contributed by atoms with Crippen LogP contribution >= 0.6 is 23.1 Å². The van der Waals surface area contributed by atoms with Crippen molar-refractivity contribution in [2.24, 2.45) is 5.92 Å². The lowest BCUT2D eigenvalue weighted by molar-refractivity contribution is -0.138. The number of carbonyl (C=O) groups is 1. The zero-order valence-electron chi connectivity index (χ0n) is 15.3. The minimum Gasteiger partial charge on any atom is -0.489 e. The Kier molecular flexibility index (Phi) is 5.46. The van der Waals surface area contributed by atoms with E-state index in [1.165, 1.54) is 0 Å². The molecule has 4 rings (SSSR count). The first-order chi connectivity index (χ1) is 14.2. The molecule has 2 atom stereocenters. The third-order valence-electron chi connectivity index (χ3n) is 4.96. The Morgan fingerprint density at radius 2 is 1.83 bits per heavy atom. The van der Waals surface area contributed by atoms with Crippen molar-refractivity contribution in [1.82, 2.24) is 4.37 Å². The van der Waals surface area contributed by atoms with Crippen LogP contribution < -0.4 is 4.74 Å². The van der Waals surface area contributed by atoms with E-state index in [0.717, 1.165) is 5.56 Å². The van der Waals surface area contributed by atoms with E-state index in [4.69, 9.17) is 21.4 Å². The van der Waals surface area contributed by atoms with Crippen molar-refractivity contribution >= 4 is 29.1 Å². The van der Waals surface area contributed by atoms with Gasteiger partial charge in [0.25, 0.3) is 0 Å². The molecule has 0 radical (unpaired) electrons. The molecule has 0 aliphatic heterocycles. The van der Waals surface area contributed by atoms with E-state index in [-0.39, 0.29) is 29.7 Å². The summed E-state index contributed by atoms with van der Waals surface area (Å²) < 4.78 is 50.0. The maximum Gasteiger partial charge on any atom is 0.427 e. The summed E-state index contributed by atoms with van der Waals surface area (Å²) in [4.78, 5) is 10.2. The van der Waals surface area contributed by atoms with Crippen LogP contribution in [-0.2, 0) is 17.6 Å². The first kappa shape index (κ1) is 20.7. The molecule has 1 aromatic heterocycles. The topological polar surface area (TPSA) is 59.4 Å². The number of rotatable bonds is 6. The van der Waals surface area contributed by atoms with Crippen molar-refractivity contribution in [2.45, 2.75) is 25.1 Å². The quantitative estimate of drug-likeness (QED) is 0.479. The summed E-state index contributed by atoms with van der Waals surface area (Å²) in [6.07, 6.45) is -3.95. The van der Waals surface area contributed by atoms with Crippen LogP contribution in [0, 0.1) is 5.92 Å². The predicted octanol–water partition coefficient (Wildman–Crippen LogP) is 6.25. The van der Waals surface area contributed by atoms with Gasteiger partial charge in [0, 0.05) is 16.1 Å². The SMILES string of the molecule is O=C(O)[C@@H]1C[C@@H]1c1ccc(OCc2c(-c3ccc(Cl)cc3)nsc2C(F)(F)F)cc1. The van der Waals surface area contributed by atoms with Crippen LogP contribution in [0.5, 0.6) is 5.75 Å². The molecule has 1 heterocycles. The molecule has 30 heavy (non-hydrogen) atoms. The van der Waals surface area contributed by atoms with Crippen LogP contribution in [-0.4, -0.2) is 15.4 Å². The second kappa shape index (κ2) is 7.92. The number of carboxylic acids is 1. The van der Waals surface area contributed by atoms with Gasteiger partial charge in [-0.2, -0.15) is 17.5 Å². The van der Waals surface area contributed by atoms with E-state index in [9.17, 15) is 18.0 Å². The highest BCUT2D eigenvalue weighted by atomic mass is 35.5. The number of hydrogen-bond donors (Lipinski definition) is 1. The summed E-state index contributed by atoms with van der Waals surface area (Å²) in [7, 11) is 0. The van der Waals surface area contributed by atoms with E-state index in [1.807, 2.05) is 0 Å². The average molecular weight is 454 g/mol. The first-order valence-electron chi connectivity index (χ1n) is 9.01. The monoisotopic (exact) mass is 453 g/mol. The van der Waals surface area contributed by atoms with Gasteiger partial charge in [-0.05, 0) is 53.7 Å². The van der Waals surface area contributed by atoms with Gasteiger partial charge in [0.1, 0.15) is 17.2 Å². The van der Waals surface area contributed by atoms with Crippen LogP contribution in [0.15, 0.2) is 48.5 Å². The number of benzene rings is 2. The molecule has 1 aliphatic rings. The lowest BCUT2D eigenvalue weighted by atomic mass is 10.1. The molecule has 156 valence electrons. The minimum absolute atomic E-state index is 0.0223. The minimum atomic E-state index is -4.54. The molecule has 4 nitrogen and oxygen atoms in total. The number of hydrogen-bond acceptors (Lipinski definition) is 4. The predicted molar refractivity (Wildman–Crippen MR) is 107 cm³/mol. The van der Waals surface area contributed by atoms with E-state index in [1.54, 1.807) is 48.5 Å². The number of alkyl halides is 3. The second-order valence-corrected chi connectivity index (χ2v) is 8.20. The Labute approximate surface area is 179 Å². The van der Waals surface area contributed by atoms with Gasteiger partial charge in [0.15, 0.2) is 0 Å². The number of halogens is 4. The van der Waals surface area contributed by atoms with E-state index < -0.39 is 17.0 Å². The van der Waals surface area contributed by atoms with Crippen LogP contribution in [0.3, 0.4) is 0 Å². The van der Waals surface area contributed by atoms with Crippen LogP contribution in [0.4, 0.5) is 13.2 Å². The van der Waals surface area contributed by atoms with Crippen molar-refractivity contribution in [3.05, 3.63) is 69.6 Å². The molecular formula is C21H15ClF3NO3S. The van der Waals surface area contributed by atoms with Gasteiger partial charge in [-0.15, -0.1) is 0 Å². The van der Waals surface area contributed by atoms with Crippen LogP contribution in [0.2, 0.25) is 5.02 Å². The third-order valence-corrected chi connectivity index (χ3v) is 6.15. The number of aliphatic carboxylic acids is 1. The molecule has 0 bridgehead atoms. The van der Waals surface area contributed by atoms with Crippen molar-refractivity contribution < 1.29 is 27.8 Å². The van der Waals surface area contributed by atoms with Gasteiger partial charge in [0.2, 0.25) is 0 Å². The van der Waals surface area contributed by atoms with Crippen molar-refractivity contribution in [2.75, 3.05) is 0 Å². The van der Waals surface area contributed by atoms with Gasteiger partial charge in [-0.1, -0.05) is 35.9 Å². The van der Waals surface area contributed by atoms with Gasteiger partial charge in [-0.25, -0.2) is 0 Å². The molecule has 0 unspecified atom stereocenters. The molecule has 0 saturated heterocycles. The van der Waals surface area contributed by atoms with Gasteiger partial charge in [0.05, 0.1) is 11.6 Å². The second-order valence-electron chi connectivity index (χ2n) is 6.99. The molecule has 1 N–H and O–H groups in total. The normalized spacial score (nSPS) is 18.3. The van der Waals surface area contributed by atoms with Gasteiger partial charge < -0.3 is 9.84 Å². The van der Waals surface area contributed by atoms with E-state index >= 15 is 0 Å². The number of carboxylic acid groups (broad SMARTS) is 1. The fraction of sp³-hybridized carbons (Fsp3) is 0.238. The van der Waals surface area contributed by atoms with Crippen molar-refractivity contribution in [1.29, 1.82) is 0 Å². The largest absolute Gasteiger partial charge is 0.489 e. The zero-order valence-corrected chi connectivity index (χ0v) is 16.9. The fourth-order valence-electron chi connectivity index (χ4n) is 3.30. The summed E-state index contributed by atoms with van der Waals surface area (Å²) in [5.41, 5.74) is 1.58. The maximum atomic E-state index is 13.5. The van der Waals surface area contributed by atoms with Gasteiger partial charge >= 0.3 is 12.1 Å². The lowest BCUT2D eigenvalue weighted by Crippen LogP contribution is -2.08. The highest BCUT2D eigenvalue weighted by Gasteiger charge is 2.44. The van der Waals surface area contributed by atoms with Crippen LogP contribution in [0.25, 0.3) is 11.3 Å². The Morgan fingerprint density at radius 3 is 2.40 bits per heavy atom. The number of ether oxygens (including phenoxy) is 1. The summed E-state index contributed by atoms with van der Waals surface area (Å²) in [5.74, 6) is -0.816. The smallest absolute Gasteiger partial charge is 0.427 e. The molecule has 1 saturated carbocycles. The lowest BCUT2D eigenvalue weighted by Gasteiger charge is -2.11. The molecule has 0 spiro atoms. The molecule has 1 aliphatic carbocycles. The summed E-state index contributed by atoms with van der Waals surface area (Å²) in [6, 6.07) is 13.2. The Morgan fingerprint density at radius 1 is 1.17 bits per heavy atom. The first-order valence-corrected chi connectivity index (χ1v) is 10.2. The van der Waals surface area contributed by atoms with E-state index in [2.05, 4.69) is 4.37 Å². The highest BCUT2D eigenvalue weighted by Crippen LogP contribution is 2.47. The molecule has 9 heteroatoms. The molecule has 0 amide bonds. The number of aromatic nitrogens is 1. The standard InChI is InChI=1S/C21H15ClF3NO3S/c22-13-5-1-12(2-6-13)18-17(19(30-26-18)21(23,24)25)10-29-14-7-3-11(4-8-14)15-9-16(15)20(27)28/h1-8,15-16H,9-10H2,(H,27,28)/t15-,16-/m1/s1. The summed E-state index contributed by atoms with van der Waals surface area (Å²) in [5, 5.41) is 9.50. The van der Waals surface area contributed by atoms with Crippen molar-refractivity contribution in [3.8, 4) is 17.0 Å². The average Bonchev–Trinajstić information content (AvgIpc) is 3.39. The Balaban J connectivity index is 1.54. The van der Waals surface area contributed by atoms with E-state index in [0.29, 0.717) is 34.3 Å². The molecule has 3 aromatic rings. The Hall–Kier alpha value is -2.58. The third kappa shape index (κ3) is 4.29. The molecule has 1 fully saturated rings. The summed E-state index contributed by atoms with van der Waals surface area (Å²) >= 11 is 6.26. The fourth-order valence-corrected chi connectivity index (χ4v) is 4.20.